The molecule has 0 aliphatic rings. The van der Waals surface area contributed by atoms with Gasteiger partial charge in [-0.1, -0.05) is 95.4 Å². The fraction of sp³-hybridized carbons (Fsp3) is 0.593. The van der Waals surface area contributed by atoms with Gasteiger partial charge < -0.3 is 0 Å². The highest BCUT2D eigenvalue weighted by molar-refractivity contribution is 7.58. The lowest BCUT2D eigenvalue weighted by Gasteiger charge is -2.26. The van der Waals surface area contributed by atoms with E-state index in [0.717, 1.165) is 23.2 Å². The van der Waals surface area contributed by atoms with Crippen LogP contribution in [0, 0.1) is 0 Å². The van der Waals surface area contributed by atoms with Gasteiger partial charge in [-0.05, 0) is 57.9 Å². The van der Waals surface area contributed by atoms with Crippen LogP contribution in [0.1, 0.15) is 109 Å². The number of rotatable bonds is 8. The monoisotopic (exact) mass is 411 g/mol. The lowest BCUT2D eigenvalue weighted by atomic mass is 9.83. The van der Waals surface area contributed by atoms with Gasteiger partial charge in [-0.2, -0.15) is 0 Å². The number of aromatic nitrogens is 1. The third-order valence-corrected chi connectivity index (χ3v) is 9.21. The minimum absolute atomic E-state index is 0.0527. The third kappa shape index (κ3) is 5.91. The van der Waals surface area contributed by atoms with Crippen molar-refractivity contribution >= 4 is 7.92 Å². The lowest BCUT2D eigenvalue weighted by Crippen LogP contribution is -2.08. The first-order valence-corrected chi connectivity index (χ1v) is 13.1. The van der Waals surface area contributed by atoms with E-state index in [-0.39, 0.29) is 7.92 Å². The Morgan fingerprint density at radius 1 is 0.724 bits per heavy atom. The first-order valence-electron chi connectivity index (χ1n) is 11.4. The molecule has 29 heavy (non-hydrogen) atoms. The molecular formula is C27H42NP. The van der Waals surface area contributed by atoms with Crippen LogP contribution in [0.5, 0.6) is 0 Å². The van der Waals surface area contributed by atoms with E-state index in [2.05, 4.69) is 99.6 Å². The fourth-order valence-corrected chi connectivity index (χ4v) is 6.58. The molecule has 0 N–H and O–H groups in total. The Morgan fingerprint density at radius 2 is 1.24 bits per heavy atom. The van der Waals surface area contributed by atoms with Gasteiger partial charge in [0.15, 0.2) is 0 Å². The number of benzene rings is 1. The number of hydrogen-bond acceptors (Lipinski definition) is 1. The van der Waals surface area contributed by atoms with Crippen molar-refractivity contribution in [2.24, 2.45) is 0 Å². The van der Waals surface area contributed by atoms with Crippen molar-refractivity contribution in [3.63, 3.8) is 0 Å². The summed E-state index contributed by atoms with van der Waals surface area (Å²) in [6.45, 7) is 23.3. The summed E-state index contributed by atoms with van der Waals surface area (Å²) in [5, 5.41) is 0. The van der Waals surface area contributed by atoms with Crippen molar-refractivity contribution in [3.05, 3.63) is 52.7 Å². The summed E-state index contributed by atoms with van der Waals surface area (Å²) in [4.78, 5) is 5.22. The zero-order valence-electron chi connectivity index (χ0n) is 20.4. The molecule has 2 rings (SSSR count). The van der Waals surface area contributed by atoms with E-state index in [4.69, 9.17) is 4.98 Å². The second-order valence-corrected chi connectivity index (χ2v) is 13.3. The van der Waals surface area contributed by atoms with Crippen LogP contribution < -0.4 is 0 Å². The molecule has 0 spiro atoms. The summed E-state index contributed by atoms with van der Waals surface area (Å²) in [6, 6.07) is 11.5. The normalized spacial score (nSPS) is 12.4. The van der Waals surface area contributed by atoms with E-state index in [9.17, 15) is 0 Å². The van der Waals surface area contributed by atoms with Gasteiger partial charge in [0.1, 0.15) is 0 Å². The minimum Gasteiger partial charge on any atom is -0.252 e. The molecule has 0 unspecified atom stereocenters. The molecular weight excluding hydrogens is 369 g/mol. The van der Waals surface area contributed by atoms with Crippen LogP contribution >= 0.6 is 7.92 Å². The van der Waals surface area contributed by atoms with Crippen LogP contribution in [0.15, 0.2) is 30.3 Å². The summed E-state index contributed by atoms with van der Waals surface area (Å²) in [7, 11) is -0.0527. The average molecular weight is 412 g/mol. The maximum atomic E-state index is 5.22. The van der Waals surface area contributed by atoms with Crippen molar-refractivity contribution in [1.82, 2.24) is 4.98 Å². The Kier molecular flexibility index (Phi) is 8.48. The van der Waals surface area contributed by atoms with Crippen molar-refractivity contribution in [2.75, 3.05) is 0 Å². The smallest absolute Gasteiger partial charge is 0.0711 e. The Labute approximate surface area is 181 Å². The van der Waals surface area contributed by atoms with Gasteiger partial charge >= 0.3 is 0 Å². The van der Waals surface area contributed by atoms with Crippen molar-refractivity contribution in [3.8, 4) is 11.3 Å². The molecule has 1 heterocycles. The highest BCUT2D eigenvalue weighted by Gasteiger charge is 2.21. The molecule has 2 aromatic rings. The third-order valence-electron chi connectivity index (χ3n) is 5.87. The summed E-state index contributed by atoms with van der Waals surface area (Å²) in [6.07, 6.45) is 1.12. The summed E-state index contributed by atoms with van der Waals surface area (Å²) in [5.41, 5.74) is 9.59. The van der Waals surface area contributed by atoms with Gasteiger partial charge in [0.05, 0.1) is 5.69 Å². The number of nitrogens with zero attached hydrogens (tertiary/aromatic N) is 1. The number of hydrogen-bond donors (Lipinski definition) is 0. The first-order chi connectivity index (χ1) is 13.5. The molecule has 1 aromatic carbocycles. The van der Waals surface area contributed by atoms with Crippen LogP contribution in [0.3, 0.4) is 0 Å². The van der Waals surface area contributed by atoms with Gasteiger partial charge in [-0.25, -0.2) is 0 Å². The molecule has 0 bridgehead atoms. The molecule has 1 aromatic heterocycles. The van der Waals surface area contributed by atoms with E-state index in [1.165, 1.54) is 27.9 Å². The molecule has 0 aliphatic carbocycles. The van der Waals surface area contributed by atoms with Crippen LogP contribution in [0.4, 0.5) is 0 Å². The quantitative estimate of drug-likeness (QED) is 0.395. The van der Waals surface area contributed by atoms with Crippen LogP contribution in [0.25, 0.3) is 11.3 Å². The van der Waals surface area contributed by atoms with Gasteiger partial charge in [-0.3, -0.25) is 4.98 Å². The van der Waals surface area contributed by atoms with Gasteiger partial charge in [0, 0.05) is 17.4 Å². The molecule has 0 aliphatic heterocycles. The predicted octanol–water partition coefficient (Wildman–Crippen LogP) is 8.92. The van der Waals surface area contributed by atoms with Crippen molar-refractivity contribution in [1.29, 1.82) is 0 Å². The zero-order valence-corrected chi connectivity index (χ0v) is 21.3. The molecule has 0 amide bonds. The molecule has 2 heteroatoms. The molecule has 1 nitrogen and oxygen atoms in total. The highest BCUT2D eigenvalue weighted by Crippen LogP contribution is 2.49. The number of pyridine rings is 1. The van der Waals surface area contributed by atoms with Crippen molar-refractivity contribution in [2.45, 2.75) is 104 Å². The van der Waals surface area contributed by atoms with Crippen LogP contribution in [0.2, 0.25) is 0 Å². The lowest BCUT2D eigenvalue weighted by molar-refractivity contribution is 0.806. The Hall–Kier alpha value is -1.20. The maximum Gasteiger partial charge on any atom is 0.0711 e. The second kappa shape index (κ2) is 10.2. The maximum absolute atomic E-state index is 5.22. The topological polar surface area (TPSA) is 12.9 Å². The van der Waals surface area contributed by atoms with Gasteiger partial charge in [0.25, 0.3) is 0 Å². The highest BCUT2D eigenvalue weighted by atomic mass is 31.1. The van der Waals surface area contributed by atoms with E-state index in [1.807, 2.05) is 0 Å². The zero-order chi connectivity index (χ0) is 21.9. The van der Waals surface area contributed by atoms with Gasteiger partial charge in [-0.15, -0.1) is 0 Å². The largest absolute Gasteiger partial charge is 0.252 e. The first kappa shape index (κ1) is 24.1. The summed E-state index contributed by atoms with van der Waals surface area (Å²) >= 11 is 0. The second-order valence-electron chi connectivity index (χ2n) is 9.91. The Balaban J connectivity index is 2.62. The van der Waals surface area contributed by atoms with Crippen LogP contribution in [-0.4, -0.2) is 16.3 Å². The molecule has 0 fully saturated rings. The Bertz CT molecular complexity index is 765. The summed E-state index contributed by atoms with van der Waals surface area (Å²) in [5.74, 6) is 1.50. The Morgan fingerprint density at radius 3 is 1.66 bits per heavy atom. The van der Waals surface area contributed by atoms with E-state index in [1.54, 1.807) is 0 Å². The molecule has 0 saturated heterocycles. The predicted molar refractivity (Wildman–Crippen MR) is 133 cm³/mol. The molecule has 0 saturated carbocycles. The molecule has 160 valence electrons. The molecule has 0 atom stereocenters. The summed E-state index contributed by atoms with van der Waals surface area (Å²) < 4.78 is 0. The van der Waals surface area contributed by atoms with E-state index >= 15 is 0 Å². The fourth-order valence-electron chi connectivity index (χ4n) is 4.11. The van der Waals surface area contributed by atoms with Gasteiger partial charge in [0.2, 0.25) is 0 Å². The van der Waals surface area contributed by atoms with Crippen LogP contribution in [-0.2, 0) is 6.16 Å². The SMILES string of the molecule is CC(C)c1cc(C(C)C)c(-c2cccc(CP(C(C)C)C(C)C)n2)c(C(C)C)c1. The van der Waals surface area contributed by atoms with E-state index in [0.29, 0.717) is 17.8 Å². The minimum atomic E-state index is -0.0527. The average Bonchev–Trinajstić information content (AvgIpc) is 2.64. The molecule has 0 radical (unpaired) electrons. The van der Waals surface area contributed by atoms with Crippen molar-refractivity contribution < 1.29 is 0 Å². The van der Waals surface area contributed by atoms with E-state index < -0.39 is 0 Å². The standard InChI is InChI=1S/C27H42NP/c1-17(2)22-14-24(18(3)4)27(25(15-22)19(5)6)26-13-11-12-23(28-26)16-29(20(7)8)21(9)10/h11-15,17-21H,16H2,1-10H3.